The maximum absolute atomic E-state index is 12.6. The lowest BCUT2D eigenvalue weighted by Gasteiger charge is -2.38. The SMILES string of the molecule is CC(C)CN(C)CCCN1CC2(CCN(C(=O)[C@H]3CCCN3)CC2)OC1=O. The predicted molar refractivity (Wildman–Crippen MR) is 105 cm³/mol. The van der Waals surface area contributed by atoms with Gasteiger partial charge >= 0.3 is 6.09 Å². The number of carbonyl (C=O) groups excluding carboxylic acids is 2. The molecule has 154 valence electrons. The molecule has 3 aliphatic rings. The summed E-state index contributed by atoms with van der Waals surface area (Å²) in [7, 11) is 2.13. The van der Waals surface area contributed by atoms with Crippen molar-refractivity contribution in [2.24, 2.45) is 5.92 Å². The zero-order valence-corrected chi connectivity index (χ0v) is 17.2. The van der Waals surface area contributed by atoms with Crippen LogP contribution in [-0.4, -0.2) is 91.2 Å². The highest BCUT2D eigenvalue weighted by molar-refractivity contribution is 5.82. The van der Waals surface area contributed by atoms with E-state index in [9.17, 15) is 9.59 Å². The van der Waals surface area contributed by atoms with E-state index in [4.69, 9.17) is 4.74 Å². The first-order valence-corrected chi connectivity index (χ1v) is 10.6. The van der Waals surface area contributed by atoms with E-state index in [1.54, 1.807) is 0 Å². The molecule has 3 aliphatic heterocycles. The van der Waals surface area contributed by atoms with Crippen molar-refractivity contribution in [1.29, 1.82) is 0 Å². The smallest absolute Gasteiger partial charge is 0.410 e. The monoisotopic (exact) mass is 380 g/mol. The van der Waals surface area contributed by atoms with Crippen molar-refractivity contribution in [2.75, 3.05) is 52.9 Å². The van der Waals surface area contributed by atoms with Crippen LogP contribution in [0.3, 0.4) is 0 Å². The van der Waals surface area contributed by atoms with Crippen LogP contribution in [-0.2, 0) is 9.53 Å². The van der Waals surface area contributed by atoms with Crippen LogP contribution in [0.25, 0.3) is 0 Å². The third kappa shape index (κ3) is 5.13. The van der Waals surface area contributed by atoms with Crippen LogP contribution >= 0.6 is 0 Å². The summed E-state index contributed by atoms with van der Waals surface area (Å²) < 4.78 is 5.80. The van der Waals surface area contributed by atoms with Gasteiger partial charge in [-0.2, -0.15) is 0 Å². The van der Waals surface area contributed by atoms with Crippen molar-refractivity contribution < 1.29 is 14.3 Å². The van der Waals surface area contributed by atoms with Crippen molar-refractivity contribution in [3.8, 4) is 0 Å². The summed E-state index contributed by atoms with van der Waals surface area (Å²) in [5, 5.41) is 3.28. The van der Waals surface area contributed by atoms with Crippen molar-refractivity contribution in [1.82, 2.24) is 20.0 Å². The lowest BCUT2D eigenvalue weighted by molar-refractivity contribution is -0.136. The number of hydrogen-bond acceptors (Lipinski definition) is 5. The number of likely N-dealkylation sites (tertiary alicyclic amines) is 1. The highest BCUT2D eigenvalue weighted by Gasteiger charge is 2.47. The van der Waals surface area contributed by atoms with Gasteiger partial charge in [-0.1, -0.05) is 13.8 Å². The highest BCUT2D eigenvalue weighted by Crippen LogP contribution is 2.33. The molecule has 7 nitrogen and oxygen atoms in total. The summed E-state index contributed by atoms with van der Waals surface area (Å²) in [4.78, 5) is 31.0. The van der Waals surface area contributed by atoms with Gasteiger partial charge in [-0.05, 0) is 45.3 Å². The fourth-order valence-corrected chi connectivity index (χ4v) is 4.62. The molecule has 1 atom stereocenters. The molecule has 0 aliphatic carbocycles. The van der Waals surface area contributed by atoms with Gasteiger partial charge in [0.1, 0.15) is 5.60 Å². The minimum absolute atomic E-state index is 0.00972. The molecule has 3 heterocycles. The van der Waals surface area contributed by atoms with E-state index in [-0.39, 0.29) is 23.6 Å². The molecule has 1 N–H and O–H groups in total. The number of amides is 2. The summed E-state index contributed by atoms with van der Waals surface area (Å²) in [6.07, 6.45) is 4.30. The van der Waals surface area contributed by atoms with Crippen molar-refractivity contribution >= 4 is 12.0 Å². The van der Waals surface area contributed by atoms with Gasteiger partial charge in [0.2, 0.25) is 5.91 Å². The summed E-state index contributed by atoms with van der Waals surface area (Å²) in [6, 6.07) is -0.00972. The van der Waals surface area contributed by atoms with Crippen LogP contribution in [0.2, 0.25) is 0 Å². The van der Waals surface area contributed by atoms with Crippen molar-refractivity contribution in [3.05, 3.63) is 0 Å². The van der Waals surface area contributed by atoms with E-state index in [1.165, 1.54) is 0 Å². The molecule has 0 aromatic carbocycles. The fraction of sp³-hybridized carbons (Fsp3) is 0.900. The largest absolute Gasteiger partial charge is 0.441 e. The average Bonchev–Trinajstić information content (AvgIpc) is 3.24. The molecular weight excluding hydrogens is 344 g/mol. The minimum atomic E-state index is -0.388. The maximum atomic E-state index is 12.6. The van der Waals surface area contributed by atoms with Crippen LogP contribution in [0.4, 0.5) is 4.79 Å². The standard InChI is InChI=1S/C20H36N4O3/c1-16(2)14-22(3)10-5-11-24-15-20(27-19(24)26)7-12-23(13-8-20)18(25)17-6-4-9-21-17/h16-17,21H,4-15H2,1-3H3/t17-/m1/s1. The Balaban J connectivity index is 1.42. The summed E-state index contributed by atoms with van der Waals surface area (Å²) in [6.45, 7) is 10.2. The second-order valence-electron chi connectivity index (χ2n) is 8.96. The summed E-state index contributed by atoms with van der Waals surface area (Å²) in [5.74, 6) is 0.874. The molecule has 3 saturated heterocycles. The second kappa shape index (κ2) is 8.78. The van der Waals surface area contributed by atoms with Gasteiger partial charge < -0.3 is 24.8 Å². The molecular formula is C20H36N4O3. The number of hydrogen-bond donors (Lipinski definition) is 1. The van der Waals surface area contributed by atoms with E-state index in [0.717, 1.165) is 58.3 Å². The van der Waals surface area contributed by atoms with Gasteiger partial charge in [-0.3, -0.25) is 4.79 Å². The molecule has 7 heteroatoms. The lowest BCUT2D eigenvalue weighted by atomic mass is 9.91. The Morgan fingerprint density at radius 1 is 1.37 bits per heavy atom. The van der Waals surface area contributed by atoms with E-state index in [0.29, 0.717) is 25.6 Å². The topological polar surface area (TPSA) is 65.1 Å². The Morgan fingerprint density at radius 2 is 2.11 bits per heavy atom. The van der Waals surface area contributed by atoms with E-state index in [2.05, 4.69) is 31.1 Å². The number of rotatable bonds is 7. The highest BCUT2D eigenvalue weighted by atomic mass is 16.6. The molecule has 1 spiro atoms. The quantitative estimate of drug-likeness (QED) is 0.726. The maximum Gasteiger partial charge on any atom is 0.410 e. The van der Waals surface area contributed by atoms with E-state index >= 15 is 0 Å². The first-order chi connectivity index (χ1) is 12.9. The third-order valence-electron chi connectivity index (χ3n) is 6.03. The third-order valence-corrected chi connectivity index (χ3v) is 6.03. The molecule has 0 aromatic rings. The Labute approximate surface area is 163 Å². The first kappa shape index (κ1) is 20.4. The van der Waals surface area contributed by atoms with Crippen molar-refractivity contribution in [2.45, 2.75) is 57.6 Å². The second-order valence-corrected chi connectivity index (χ2v) is 8.96. The van der Waals surface area contributed by atoms with Gasteiger partial charge in [0.15, 0.2) is 0 Å². The Kier molecular flexibility index (Phi) is 6.63. The zero-order chi connectivity index (χ0) is 19.4. The number of nitrogens with one attached hydrogen (secondary N) is 1. The van der Waals surface area contributed by atoms with Crippen LogP contribution < -0.4 is 5.32 Å². The van der Waals surface area contributed by atoms with Gasteiger partial charge in [0.25, 0.3) is 0 Å². The summed E-state index contributed by atoms with van der Waals surface area (Å²) >= 11 is 0. The van der Waals surface area contributed by atoms with Crippen LogP contribution in [0.15, 0.2) is 0 Å². The average molecular weight is 381 g/mol. The molecule has 0 radical (unpaired) electrons. The Morgan fingerprint density at radius 3 is 2.74 bits per heavy atom. The molecule has 27 heavy (non-hydrogen) atoms. The number of piperidine rings is 1. The zero-order valence-electron chi connectivity index (χ0n) is 17.2. The number of nitrogens with zero attached hydrogens (tertiary/aromatic N) is 3. The number of ether oxygens (including phenoxy) is 1. The van der Waals surface area contributed by atoms with Crippen LogP contribution in [0, 0.1) is 5.92 Å². The molecule has 3 fully saturated rings. The first-order valence-electron chi connectivity index (χ1n) is 10.6. The molecule has 0 bridgehead atoms. The van der Waals surface area contributed by atoms with Gasteiger partial charge in [0.05, 0.1) is 12.6 Å². The van der Waals surface area contributed by atoms with Gasteiger partial charge in [-0.15, -0.1) is 0 Å². The van der Waals surface area contributed by atoms with E-state index in [1.807, 2.05) is 9.80 Å². The Bertz CT molecular complexity index is 525. The lowest BCUT2D eigenvalue weighted by Crippen LogP contribution is -2.52. The van der Waals surface area contributed by atoms with E-state index < -0.39 is 0 Å². The molecule has 2 amide bonds. The predicted octanol–water partition coefficient (Wildman–Crippen LogP) is 1.53. The fourth-order valence-electron chi connectivity index (χ4n) is 4.62. The molecule has 0 unspecified atom stereocenters. The molecule has 0 aromatic heterocycles. The molecule has 0 saturated carbocycles. The molecule has 3 rings (SSSR count). The van der Waals surface area contributed by atoms with Crippen molar-refractivity contribution in [3.63, 3.8) is 0 Å². The van der Waals surface area contributed by atoms with Gasteiger partial charge in [0, 0.05) is 39.0 Å². The number of carbonyl (C=O) groups is 2. The summed E-state index contributed by atoms with van der Waals surface area (Å²) in [5.41, 5.74) is -0.388. The Hall–Kier alpha value is -1.34. The van der Waals surface area contributed by atoms with Crippen LogP contribution in [0.5, 0.6) is 0 Å². The minimum Gasteiger partial charge on any atom is -0.441 e. The van der Waals surface area contributed by atoms with Gasteiger partial charge in [-0.25, -0.2) is 4.79 Å². The van der Waals surface area contributed by atoms with Crippen LogP contribution in [0.1, 0.15) is 46.0 Å². The normalized spacial score (nSPS) is 25.1.